The third kappa shape index (κ3) is 3.54. The van der Waals surface area contributed by atoms with Gasteiger partial charge in [0.15, 0.2) is 0 Å². The number of thiazole rings is 1. The summed E-state index contributed by atoms with van der Waals surface area (Å²) in [4.78, 5) is 12.6. The van der Waals surface area contributed by atoms with E-state index in [9.17, 15) is 13.2 Å². The van der Waals surface area contributed by atoms with Crippen molar-refractivity contribution in [2.24, 2.45) is 11.8 Å². The van der Waals surface area contributed by atoms with Crippen LogP contribution in [0.25, 0.3) is 10.2 Å². The average Bonchev–Trinajstić information content (AvgIpc) is 3.37. The van der Waals surface area contributed by atoms with E-state index in [1.54, 1.807) is 28.8 Å². The van der Waals surface area contributed by atoms with Crippen LogP contribution in [0.4, 0.5) is 0 Å². The highest BCUT2D eigenvalue weighted by Gasteiger charge is 2.41. The second-order valence-electron chi connectivity index (χ2n) is 8.08. The lowest BCUT2D eigenvalue weighted by Crippen LogP contribution is -2.38. The van der Waals surface area contributed by atoms with E-state index in [-0.39, 0.29) is 15.8 Å². The molecule has 0 aliphatic heterocycles. The summed E-state index contributed by atoms with van der Waals surface area (Å²) in [7, 11) is -3.60. The van der Waals surface area contributed by atoms with Gasteiger partial charge in [0, 0.05) is 11.1 Å². The molecule has 5 nitrogen and oxygen atoms in total. The quantitative estimate of drug-likeness (QED) is 0.635. The number of sulfonamides is 1. The molecule has 0 unspecified atom stereocenters. The van der Waals surface area contributed by atoms with E-state index in [1.165, 1.54) is 6.42 Å². The van der Waals surface area contributed by atoms with Crippen LogP contribution >= 0.6 is 22.9 Å². The Balaban J connectivity index is 1.45. The van der Waals surface area contributed by atoms with E-state index in [1.807, 2.05) is 18.2 Å². The van der Waals surface area contributed by atoms with Crippen molar-refractivity contribution in [3.63, 3.8) is 0 Å². The zero-order valence-electron chi connectivity index (χ0n) is 15.7. The fourth-order valence-corrected chi connectivity index (χ4v) is 7.36. The van der Waals surface area contributed by atoms with Crippen LogP contribution in [0.15, 0.2) is 52.2 Å². The van der Waals surface area contributed by atoms with Crippen LogP contribution in [0.1, 0.15) is 31.2 Å². The van der Waals surface area contributed by atoms with Gasteiger partial charge < -0.3 is 0 Å². The summed E-state index contributed by atoms with van der Waals surface area (Å²) in [6, 6.07) is 12.4. The fraction of sp³-hybridized carbons (Fsp3) is 0.381. The van der Waals surface area contributed by atoms with Gasteiger partial charge in [0.1, 0.15) is 0 Å². The number of halogens is 1. The normalized spacial score (nSPS) is 23.8. The van der Waals surface area contributed by atoms with E-state index < -0.39 is 10.0 Å². The maximum atomic E-state index is 12.9. The van der Waals surface area contributed by atoms with Crippen LogP contribution < -0.4 is 9.60 Å². The zero-order chi connectivity index (χ0) is 20.2. The third-order valence-electron chi connectivity index (χ3n) is 6.28. The fourth-order valence-electron chi connectivity index (χ4n) is 4.82. The number of aromatic nitrogens is 1. The molecular formula is C21H21ClN2O3S2. The van der Waals surface area contributed by atoms with E-state index >= 15 is 0 Å². The lowest BCUT2D eigenvalue weighted by molar-refractivity contribution is 0.390. The van der Waals surface area contributed by atoms with Gasteiger partial charge in [0.2, 0.25) is 10.0 Å². The summed E-state index contributed by atoms with van der Waals surface area (Å²) in [6.07, 6.45) is 4.41. The van der Waals surface area contributed by atoms with Crippen molar-refractivity contribution in [3.05, 3.63) is 62.7 Å². The van der Waals surface area contributed by atoms with Gasteiger partial charge in [-0.2, -0.15) is 0 Å². The number of rotatable bonds is 5. The van der Waals surface area contributed by atoms with Crippen LogP contribution in [0, 0.1) is 11.8 Å². The Morgan fingerprint density at radius 1 is 1.14 bits per heavy atom. The summed E-state index contributed by atoms with van der Waals surface area (Å²) in [5.41, 5.74) is 1.57. The van der Waals surface area contributed by atoms with Crippen molar-refractivity contribution < 1.29 is 8.42 Å². The summed E-state index contributed by atoms with van der Waals surface area (Å²) in [6.45, 7) is 0.355. The Morgan fingerprint density at radius 3 is 2.69 bits per heavy atom. The summed E-state index contributed by atoms with van der Waals surface area (Å²) < 4.78 is 31.1. The molecule has 2 bridgehead atoms. The Morgan fingerprint density at radius 2 is 1.97 bits per heavy atom. The number of hydrogen-bond acceptors (Lipinski definition) is 4. The second kappa shape index (κ2) is 7.23. The first kappa shape index (κ1) is 19.3. The highest BCUT2D eigenvalue weighted by molar-refractivity contribution is 7.89. The van der Waals surface area contributed by atoms with Crippen molar-refractivity contribution in [1.29, 1.82) is 0 Å². The third-order valence-corrected chi connectivity index (χ3v) is 9.08. The summed E-state index contributed by atoms with van der Waals surface area (Å²) in [5, 5.41) is 0.605. The minimum Gasteiger partial charge on any atom is -0.294 e. The maximum Gasteiger partial charge on any atom is 0.308 e. The molecule has 2 aliphatic carbocycles. The Bertz CT molecular complexity index is 1250. The predicted octanol–water partition coefficient (Wildman–Crippen LogP) is 4.23. The van der Waals surface area contributed by atoms with Gasteiger partial charge in [-0.3, -0.25) is 9.36 Å². The van der Waals surface area contributed by atoms with Crippen LogP contribution in [-0.2, 0) is 16.6 Å². The minimum atomic E-state index is -3.60. The molecule has 2 fully saturated rings. The molecule has 0 saturated heterocycles. The first-order valence-corrected chi connectivity index (χ1v) is 12.5. The topological polar surface area (TPSA) is 68.2 Å². The standard InChI is InChI=1S/C21H21ClN2O3S2/c22-17-4-2-1-3-15(17)12-24-19-8-7-16(11-20(19)28-21(24)25)29(26,27)23-18-10-13-5-6-14(18)9-13/h1-4,7-8,11,13-14,18,23H,5-6,9-10,12H2/t13-,14-,18-/m1/s1. The van der Waals surface area contributed by atoms with Crippen molar-refractivity contribution >= 4 is 43.2 Å². The van der Waals surface area contributed by atoms with Gasteiger partial charge in [0.05, 0.1) is 21.7 Å². The lowest BCUT2D eigenvalue weighted by Gasteiger charge is -2.22. The lowest BCUT2D eigenvalue weighted by atomic mass is 9.96. The average molecular weight is 449 g/mol. The number of fused-ring (bicyclic) bond motifs is 3. The van der Waals surface area contributed by atoms with E-state index in [4.69, 9.17) is 11.6 Å². The van der Waals surface area contributed by atoms with Gasteiger partial charge in [-0.15, -0.1) is 0 Å². The summed E-state index contributed by atoms with van der Waals surface area (Å²) >= 11 is 7.30. The molecule has 29 heavy (non-hydrogen) atoms. The molecule has 3 atom stereocenters. The molecule has 152 valence electrons. The Hall–Kier alpha value is -1.67. The highest BCUT2D eigenvalue weighted by atomic mass is 35.5. The largest absolute Gasteiger partial charge is 0.308 e. The zero-order valence-corrected chi connectivity index (χ0v) is 18.1. The second-order valence-corrected chi connectivity index (χ2v) is 11.2. The number of nitrogens with zero attached hydrogens (tertiary/aromatic N) is 1. The number of hydrogen-bond donors (Lipinski definition) is 1. The molecule has 3 aromatic rings. The Labute approximate surface area is 178 Å². The molecular weight excluding hydrogens is 428 g/mol. The summed E-state index contributed by atoms with van der Waals surface area (Å²) in [5.74, 6) is 1.13. The first-order chi connectivity index (χ1) is 13.9. The van der Waals surface area contributed by atoms with E-state index in [0.717, 1.165) is 41.7 Å². The minimum absolute atomic E-state index is 0.0398. The van der Waals surface area contributed by atoms with Crippen molar-refractivity contribution in [3.8, 4) is 0 Å². The highest BCUT2D eigenvalue weighted by Crippen LogP contribution is 2.44. The molecule has 5 rings (SSSR count). The number of nitrogens with one attached hydrogen (secondary N) is 1. The SMILES string of the molecule is O=c1sc2cc(S(=O)(=O)N[C@@H]3C[C@@H]4CC[C@@H]3C4)ccc2n1Cc1ccccc1Cl. The first-order valence-electron chi connectivity index (χ1n) is 9.80. The number of benzene rings is 2. The van der Waals surface area contributed by atoms with E-state index in [2.05, 4.69) is 4.72 Å². The van der Waals surface area contributed by atoms with Gasteiger partial charge in [-0.25, -0.2) is 13.1 Å². The smallest absolute Gasteiger partial charge is 0.294 e. The van der Waals surface area contributed by atoms with Crippen LogP contribution in [0.5, 0.6) is 0 Å². The molecule has 8 heteroatoms. The van der Waals surface area contributed by atoms with Crippen LogP contribution in [0.2, 0.25) is 5.02 Å². The molecule has 1 N–H and O–H groups in total. The molecule has 2 aliphatic rings. The Kier molecular flexibility index (Phi) is 4.81. The monoisotopic (exact) mass is 448 g/mol. The molecule has 0 spiro atoms. The van der Waals surface area contributed by atoms with Crippen molar-refractivity contribution in [2.45, 2.75) is 43.2 Å². The molecule has 2 aromatic carbocycles. The molecule has 1 aromatic heterocycles. The van der Waals surface area contributed by atoms with Crippen molar-refractivity contribution in [2.75, 3.05) is 0 Å². The van der Waals surface area contributed by atoms with Gasteiger partial charge in [-0.1, -0.05) is 47.6 Å². The van der Waals surface area contributed by atoms with Gasteiger partial charge >= 0.3 is 4.87 Å². The molecule has 0 radical (unpaired) electrons. The molecule has 0 amide bonds. The predicted molar refractivity (Wildman–Crippen MR) is 116 cm³/mol. The van der Waals surface area contributed by atoms with Crippen LogP contribution in [0.3, 0.4) is 0 Å². The maximum absolute atomic E-state index is 12.9. The molecule has 1 heterocycles. The molecule has 2 saturated carbocycles. The van der Waals surface area contributed by atoms with Gasteiger partial charge in [-0.05, 0) is 60.9 Å². The van der Waals surface area contributed by atoms with Crippen molar-refractivity contribution in [1.82, 2.24) is 9.29 Å². The van der Waals surface area contributed by atoms with Gasteiger partial charge in [0.25, 0.3) is 0 Å². The van der Waals surface area contributed by atoms with Crippen LogP contribution in [-0.4, -0.2) is 19.0 Å². The van der Waals surface area contributed by atoms with E-state index in [0.29, 0.717) is 28.1 Å².